The Morgan fingerprint density at radius 2 is 2.11 bits per heavy atom. The molecule has 0 radical (unpaired) electrons. The molecule has 0 bridgehead atoms. The van der Waals surface area contributed by atoms with Gasteiger partial charge in [-0.2, -0.15) is 0 Å². The largest absolute Gasteiger partial charge is 0.385 e. The molecule has 1 unspecified atom stereocenters. The molecule has 0 saturated carbocycles. The number of pyridine rings is 1. The van der Waals surface area contributed by atoms with Gasteiger partial charge >= 0.3 is 0 Å². The number of para-hydroxylation sites is 1. The molecule has 0 aliphatic heterocycles. The number of hydrogen-bond donors (Lipinski definition) is 0. The second-order valence-corrected chi connectivity index (χ2v) is 4.88. The van der Waals surface area contributed by atoms with Crippen LogP contribution in [0.25, 0.3) is 10.9 Å². The van der Waals surface area contributed by atoms with Gasteiger partial charge in [0.05, 0.1) is 5.52 Å². The highest BCUT2D eigenvalue weighted by Crippen LogP contribution is 2.22. The van der Waals surface area contributed by atoms with Crippen molar-refractivity contribution in [3.8, 4) is 0 Å². The standard InChI is InChI=1S/C16H19NO2/c1-11(8-9-19-3)16(18)14-10-12(2)17-15-7-5-4-6-13(14)15/h4-7,10-11H,8-9H2,1-3H3. The first-order valence-electron chi connectivity index (χ1n) is 6.53. The summed E-state index contributed by atoms with van der Waals surface area (Å²) in [5.41, 5.74) is 2.53. The van der Waals surface area contributed by atoms with E-state index in [-0.39, 0.29) is 11.7 Å². The number of carbonyl (C=O) groups excluding carboxylic acids is 1. The van der Waals surface area contributed by atoms with E-state index in [4.69, 9.17) is 4.74 Å². The Hall–Kier alpha value is -1.74. The molecular formula is C16H19NO2. The van der Waals surface area contributed by atoms with Crippen LogP contribution >= 0.6 is 0 Å². The van der Waals surface area contributed by atoms with Gasteiger partial charge in [-0.1, -0.05) is 25.1 Å². The van der Waals surface area contributed by atoms with Gasteiger partial charge in [-0.3, -0.25) is 9.78 Å². The summed E-state index contributed by atoms with van der Waals surface area (Å²) in [6.07, 6.45) is 0.741. The van der Waals surface area contributed by atoms with Crippen molar-refractivity contribution < 1.29 is 9.53 Å². The van der Waals surface area contributed by atoms with Crippen LogP contribution in [0.5, 0.6) is 0 Å². The van der Waals surface area contributed by atoms with Gasteiger partial charge in [0.25, 0.3) is 0 Å². The van der Waals surface area contributed by atoms with Gasteiger partial charge in [0, 0.05) is 36.3 Å². The third kappa shape index (κ3) is 2.99. The molecule has 1 aromatic heterocycles. The fourth-order valence-corrected chi connectivity index (χ4v) is 2.20. The van der Waals surface area contributed by atoms with Crippen molar-refractivity contribution in [2.24, 2.45) is 5.92 Å². The van der Waals surface area contributed by atoms with Gasteiger partial charge in [0.15, 0.2) is 5.78 Å². The molecule has 0 amide bonds. The lowest BCUT2D eigenvalue weighted by atomic mass is 9.94. The van der Waals surface area contributed by atoms with Crippen molar-refractivity contribution in [1.29, 1.82) is 0 Å². The minimum atomic E-state index is -0.0369. The van der Waals surface area contributed by atoms with E-state index in [9.17, 15) is 4.79 Å². The summed E-state index contributed by atoms with van der Waals surface area (Å²) in [4.78, 5) is 17.0. The predicted molar refractivity (Wildman–Crippen MR) is 76.5 cm³/mol. The monoisotopic (exact) mass is 257 g/mol. The zero-order valence-corrected chi connectivity index (χ0v) is 11.6. The van der Waals surface area contributed by atoms with Crippen molar-refractivity contribution in [3.05, 3.63) is 41.6 Å². The molecule has 3 nitrogen and oxygen atoms in total. The average Bonchev–Trinajstić information content (AvgIpc) is 2.42. The lowest BCUT2D eigenvalue weighted by Crippen LogP contribution is -2.14. The van der Waals surface area contributed by atoms with Crippen molar-refractivity contribution >= 4 is 16.7 Å². The maximum absolute atomic E-state index is 12.5. The Bertz CT molecular complexity index is 592. The van der Waals surface area contributed by atoms with Crippen LogP contribution in [0, 0.1) is 12.8 Å². The highest BCUT2D eigenvalue weighted by molar-refractivity contribution is 6.08. The van der Waals surface area contributed by atoms with Crippen molar-refractivity contribution in [3.63, 3.8) is 0 Å². The zero-order chi connectivity index (χ0) is 13.8. The molecule has 0 N–H and O–H groups in total. The van der Waals surface area contributed by atoms with E-state index in [1.807, 2.05) is 44.2 Å². The van der Waals surface area contributed by atoms with Gasteiger partial charge in [-0.05, 0) is 25.5 Å². The number of Topliss-reactive ketones (excluding diaryl/α,β-unsaturated/α-hetero) is 1. The molecule has 1 atom stereocenters. The number of hydrogen-bond acceptors (Lipinski definition) is 3. The topological polar surface area (TPSA) is 39.2 Å². The molecule has 0 aliphatic carbocycles. The molecule has 3 heteroatoms. The highest BCUT2D eigenvalue weighted by atomic mass is 16.5. The molecule has 0 spiro atoms. The summed E-state index contributed by atoms with van der Waals surface area (Å²) in [7, 11) is 1.66. The Morgan fingerprint density at radius 1 is 1.37 bits per heavy atom. The molecule has 100 valence electrons. The van der Waals surface area contributed by atoms with Crippen LogP contribution in [-0.2, 0) is 4.74 Å². The summed E-state index contributed by atoms with van der Waals surface area (Å²) in [5, 5.41) is 0.933. The van der Waals surface area contributed by atoms with Crippen LogP contribution in [-0.4, -0.2) is 24.5 Å². The number of ketones is 1. The van der Waals surface area contributed by atoms with Crippen molar-refractivity contribution in [2.75, 3.05) is 13.7 Å². The minimum Gasteiger partial charge on any atom is -0.385 e. The van der Waals surface area contributed by atoms with Crippen molar-refractivity contribution in [1.82, 2.24) is 4.98 Å². The third-order valence-corrected chi connectivity index (χ3v) is 3.31. The predicted octanol–water partition coefficient (Wildman–Crippen LogP) is 3.40. The molecule has 0 saturated heterocycles. The molecule has 0 aliphatic rings. The average molecular weight is 257 g/mol. The van der Waals surface area contributed by atoms with Crippen LogP contribution in [0.15, 0.2) is 30.3 Å². The maximum atomic E-state index is 12.5. The SMILES string of the molecule is COCCC(C)C(=O)c1cc(C)nc2ccccc12. The summed E-state index contributed by atoms with van der Waals surface area (Å²) in [5.74, 6) is 0.129. The van der Waals surface area contributed by atoms with E-state index in [0.717, 1.165) is 28.6 Å². The van der Waals surface area contributed by atoms with E-state index in [1.54, 1.807) is 7.11 Å². The van der Waals surface area contributed by atoms with Gasteiger partial charge in [0.1, 0.15) is 0 Å². The van der Waals surface area contributed by atoms with Gasteiger partial charge in [0.2, 0.25) is 0 Å². The van der Waals surface area contributed by atoms with Crippen molar-refractivity contribution in [2.45, 2.75) is 20.3 Å². The third-order valence-electron chi connectivity index (χ3n) is 3.31. The first-order chi connectivity index (χ1) is 9.13. The number of benzene rings is 1. The normalized spacial score (nSPS) is 12.6. The lowest BCUT2D eigenvalue weighted by Gasteiger charge is -2.12. The zero-order valence-electron chi connectivity index (χ0n) is 11.6. The number of carbonyl (C=O) groups is 1. The Balaban J connectivity index is 2.41. The molecule has 2 aromatic rings. The summed E-state index contributed by atoms with van der Waals surface area (Å²) in [6.45, 7) is 4.48. The Labute approximate surface area is 113 Å². The van der Waals surface area contributed by atoms with Gasteiger partial charge in [-0.15, -0.1) is 0 Å². The van der Waals surface area contributed by atoms with E-state index >= 15 is 0 Å². The number of rotatable bonds is 5. The molecule has 2 rings (SSSR count). The Kier molecular flexibility index (Phi) is 4.27. The summed E-state index contributed by atoms with van der Waals surface area (Å²) < 4.78 is 5.05. The highest BCUT2D eigenvalue weighted by Gasteiger charge is 2.18. The second-order valence-electron chi connectivity index (χ2n) is 4.88. The maximum Gasteiger partial charge on any atom is 0.166 e. The molecule has 1 heterocycles. The Morgan fingerprint density at radius 3 is 2.84 bits per heavy atom. The molecule has 0 fully saturated rings. The number of nitrogens with zero attached hydrogens (tertiary/aromatic N) is 1. The first kappa shape index (κ1) is 13.7. The number of aryl methyl sites for hydroxylation is 1. The van der Waals surface area contributed by atoms with E-state index in [1.165, 1.54) is 0 Å². The van der Waals surface area contributed by atoms with Crippen LogP contribution < -0.4 is 0 Å². The van der Waals surface area contributed by atoms with Crippen LogP contribution in [0.4, 0.5) is 0 Å². The molecule has 19 heavy (non-hydrogen) atoms. The fourth-order valence-electron chi connectivity index (χ4n) is 2.20. The summed E-state index contributed by atoms with van der Waals surface area (Å²) >= 11 is 0. The van der Waals surface area contributed by atoms with Gasteiger partial charge < -0.3 is 4.74 Å². The number of methoxy groups -OCH3 is 1. The first-order valence-corrected chi connectivity index (χ1v) is 6.53. The van der Waals surface area contributed by atoms with Gasteiger partial charge in [-0.25, -0.2) is 0 Å². The van der Waals surface area contributed by atoms with Crippen LogP contribution in [0.3, 0.4) is 0 Å². The quantitative estimate of drug-likeness (QED) is 0.771. The number of aromatic nitrogens is 1. The molecule has 1 aromatic carbocycles. The second kappa shape index (κ2) is 5.93. The van der Waals surface area contributed by atoms with Crippen LogP contribution in [0.1, 0.15) is 29.4 Å². The van der Waals surface area contributed by atoms with E-state index in [2.05, 4.69) is 4.98 Å². The van der Waals surface area contributed by atoms with Crippen LogP contribution in [0.2, 0.25) is 0 Å². The summed E-state index contributed by atoms with van der Waals surface area (Å²) in [6, 6.07) is 9.66. The smallest absolute Gasteiger partial charge is 0.166 e. The minimum absolute atomic E-state index is 0.0369. The van der Waals surface area contributed by atoms with E-state index in [0.29, 0.717) is 6.61 Å². The van der Waals surface area contributed by atoms with E-state index < -0.39 is 0 Å². The lowest BCUT2D eigenvalue weighted by molar-refractivity contribution is 0.0895. The fraction of sp³-hybridized carbons (Fsp3) is 0.375. The number of ether oxygens (including phenoxy) is 1. The molecular weight excluding hydrogens is 238 g/mol. The number of fused-ring (bicyclic) bond motifs is 1.